The van der Waals surface area contributed by atoms with Crippen LogP contribution in [0.25, 0.3) is 10.9 Å². The van der Waals surface area contributed by atoms with E-state index in [1.807, 2.05) is 30.3 Å². The van der Waals surface area contributed by atoms with Crippen molar-refractivity contribution in [3.05, 3.63) is 59.8 Å². The Morgan fingerprint density at radius 3 is 2.73 bits per heavy atom. The summed E-state index contributed by atoms with van der Waals surface area (Å²) in [5, 5.41) is 22.8. The summed E-state index contributed by atoms with van der Waals surface area (Å²) in [5.41, 5.74) is 2.29. The van der Waals surface area contributed by atoms with Crippen LogP contribution in [0, 0.1) is 5.92 Å². The molecule has 0 radical (unpaired) electrons. The van der Waals surface area contributed by atoms with Crippen LogP contribution < -0.4 is 5.32 Å². The fourth-order valence-electron chi connectivity index (χ4n) is 3.93. The minimum Gasteiger partial charge on any atom is -0.504 e. The number of aromatic amines is 1. The van der Waals surface area contributed by atoms with Crippen LogP contribution in [0.3, 0.4) is 0 Å². The van der Waals surface area contributed by atoms with E-state index in [1.54, 1.807) is 11.0 Å². The number of likely N-dealkylation sites (tertiary alicyclic amines) is 1. The minimum atomic E-state index is -0.236. The molecule has 1 fully saturated rings. The topological polar surface area (TPSA) is 106 Å². The summed E-state index contributed by atoms with van der Waals surface area (Å²) in [6.45, 7) is 1.47. The number of phenols is 2. The van der Waals surface area contributed by atoms with Crippen LogP contribution in [0.15, 0.2) is 48.5 Å². The van der Waals surface area contributed by atoms with Crippen molar-refractivity contribution in [3.8, 4) is 11.5 Å². The Labute approximate surface area is 174 Å². The fraction of sp³-hybridized carbons (Fsp3) is 0.304. The number of carbonyl (C=O) groups is 2. The Hall–Kier alpha value is -3.48. The lowest BCUT2D eigenvalue weighted by Gasteiger charge is -2.31. The molecule has 2 aromatic carbocycles. The van der Waals surface area contributed by atoms with Crippen molar-refractivity contribution < 1.29 is 19.8 Å². The van der Waals surface area contributed by atoms with Crippen molar-refractivity contribution in [1.29, 1.82) is 0 Å². The molecule has 0 saturated carbocycles. The number of aromatic nitrogens is 1. The Bertz CT molecular complexity index is 1040. The first-order chi connectivity index (χ1) is 14.5. The number of rotatable bonds is 5. The standard InChI is InChI=1S/C23H25N3O4/c27-20-8-7-15(12-21(20)28)9-10-24-22(29)17-5-3-11-26(14-17)23(30)19-13-16-4-1-2-6-18(16)25-19/h1-2,4,6-8,12-13,17,25,27-28H,3,5,9-11,14H2,(H,24,29). The van der Waals surface area contributed by atoms with Gasteiger partial charge in [-0.15, -0.1) is 0 Å². The van der Waals surface area contributed by atoms with E-state index in [4.69, 9.17) is 0 Å². The van der Waals surface area contributed by atoms with Gasteiger partial charge in [0.1, 0.15) is 5.69 Å². The van der Waals surface area contributed by atoms with Crippen molar-refractivity contribution in [1.82, 2.24) is 15.2 Å². The molecule has 1 unspecified atom stereocenters. The van der Waals surface area contributed by atoms with Crippen molar-refractivity contribution in [3.63, 3.8) is 0 Å². The van der Waals surface area contributed by atoms with Gasteiger partial charge < -0.3 is 25.4 Å². The van der Waals surface area contributed by atoms with E-state index < -0.39 is 0 Å². The highest BCUT2D eigenvalue weighted by atomic mass is 16.3. The van der Waals surface area contributed by atoms with Gasteiger partial charge in [0.15, 0.2) is 11.5 Å². The van der Waals surface area contributed by atoms with Gasteiger partial charge in [-0.25, -0.2) is 0 Å². The Morgan fingerprint density at radius 2 is 1.93 bits per heavy atom. The highest BCUT2D eigenvalue weighted by Crippen LogP contribution is 2.25. The maximum Gasteiger partial charge on any atom is 0.270 e. The maximum absolute atomic E-state index is 12.9. The first kappa shape index (κ1) is 19.8. The quantitative estimate of drug-likeness (QED) is 0.488. The minimum absolute atomic E-state index is 0.0628. The maximum atomic E-state index is 12.9. The van der Waals surface area contributed by atoms with Gasteiger partial charge in [0.2, 0.25) is 5.91 Å². The second kappa shape index (κ2) is 8.49. The smallest absolute Gasteiger partial charge is 0.270 e. The molecule has 7 nitrogen and oxygen atoms in total. The first-order valence-corrected chi connectivity index (χ1v) is 10.2. The summed E-state index contributed by atoms with van der Waals surface area (Å²) in [4.78, 5) is 30.4. The van der Waals surface area contributed by atoms with E-state index >= 15 is 0 Å². The van der Waals surface area contributed by atoms with Gasteiger partial charge in [0.05, 0.1) is 5.92 Å². The van der Waals surface area contributed by atoms with Gasteiger partial charge in [-0.05, 0) is 49.1 Å². The van der Waals surface area contributed by atoms with E-state index in [0.29, 0.717) is 31.7 Å². The van der Waals surface area contributed by atoms with Crippen LogP contribution in [-0.4, -0.2) is 51.5 Å². The zero-order valence-corrected chi connectivity index (χ0v) is 16.6. The first-order valence-electron chi connectivity index (χ1n) is 10.2. The summed E-state index contributed by atoms with van der Waals surface area (Å²) in [6, 6.07) is 14.2. The number of benzene rings is 2. The van der Waals surface area contributed by atoms with Gasteiger partial charge >= 0.3 is 0 Å². The molecule has 7 heteroatoms. The molecule has 2 amide bonds. The van der Waals surface area contributed by atoms with Crippen molar-refractivity contribution in [2.75, 3.05) is 19.6 Å². The monoisotopic (exact) mass is 407 g/mol. The number of nitrogens with one attached hydrogen (secondary N) is 2. The summed E-state index contributed by atoms with van der Waals surface area (Å²) in [5.74, 6) is -0.710. The SMILES string of the molecule is O=C(NCCc1ccc(O)c(O)c1)C1CCCN(C(=O)c2cc3ccccc3[nH]2)C1. The summed E-state index contributed by atoms with van der Waals surface area (Å²) >= 11 is 0. The number of hydrogen-bond donors (Lipinski definition) is 4. The van der Waals surface area contributed by atoms with Crippen molar-refractivity contribution >= 4 is 22.7 Å². The number of para-hydroxylation sites is 1. The number of nitrogens with zero attached hydrogens (tertiary/aromatic N) is 1. The zero-order chi connectivity index (χ0) is 21.1. The third-order valence-corrected chi connectivity index (χ3v) is 5.59. The zero-order valence-electron chi connectivity index (χ0n) is 16.6. The molecule has 0 aliphatic carbocycles. The van der Waals surface area contributed by atoms with Crippen LogP contribution in [0.1, 0.15) is 28.9 Å². The molecule has 3 aromatic rings. The van der Waals surface area contributed by atoms with Gasteiger partial charge in [0.25, 0.3) is 5.91 Å². The van der Waals surface area contributed by atoms with Crippen molar-refractivity contribution in [2.45, 2.75) is 19.3 Å². The number of fused-ring (bicyclic) bond motifs is 1. The van der Waals surface area contributed by atoms with Crippen LogP contribution in [-0.2, 0) is 11.2 Å². The largest absolute Gasteiger partial charge is 0.504 e. The molecule has 0 bridgehead atoms. The third kappa shape index (κ3) is 4.25. The average Bonchev–Trinajstić information content (AvgIpc) is 3.20. The Kier molecular flexibility index (Phi) is 5.61. The number of hydrogen-bond acceptors (Lipinski definition) is 4. The van der Waals surface area contributed by atoms with E-state index in [-0.39, 0.29) is 29.2 Å². The third-order valence-electron chi connectivity index (χ3n) is 5.59. The molecule has 30 heavy (non-hydrogen) atoms. The molecule has 1 aliphatic heterocycles. The molecule has 2 heterocycles. The number of piperidine rings is 1. The van der Waals surface area contributed by atoms with Gasteiger partial charge in [-0.2, -0.15) is 0 Å². The second-order valence-electron chi connectivity index (χ2n) is 7.72. The molecule has 4 rings (SSSR count). The summed E-state index contributed by atoms with van der Waals surface area (Å²) in [6.07, 6.45) is 2.09. The lowest BCUT2D eigenvalue weighted by Crippen LogP contribution is -2.45. The summed E-state index contributed by atoms with van der Waals surface area (Å²) < 4.78 is 0. The highest BCUT2D eigenvalue weighted by molar-refractivity contribution is 5.98. The number of H-pyrrole nitrogens is 1. The van der Waals surface area contributed by atoms with E-state index in [9.17, 15) is 19.8 Å². The molecule has 0 spiro atoms. The highest BCUT2D eigenvalue weighted by Gasteiger charge is 2.29. The van der Waals surface area contributed by atoms with E-state index in [1.165, 1.54) is 12.1 Å². The normalized spacial score (nSPS) is 16.5. The summed E-state index contributed by atoms with van der Waals surface area (Å²) in [7, 11) is 0. The molecule has 156 valence electrons. The van der Waals surface area contributed by atoms with Gasteiger partial charge in [0, 0.05) is 30.5 Å². The van der Waals surface area contributed by atoms with Gasteiger partial charge in [-0.1, -0.05) is 24.3 Å². The Morgan fingerprint density at radius 1 is 1.10 bits per heavy atom. The predicted molar refractivity (Wildman–Crippen MR) is 113 cm³/mol. The fourth-order valence-corrected chi connectivity index (χ4v) is 3.93. The van der Waals surface area contributed by atoms with Crippen LogP contribution in [0.2, 0.25) is 0 Å². The number of aromatic hydroxyl groups is 2. The lowest BCUT2D eigenvalue weighted by molar-refractivity contribution is -0.126. The van der Waals surface area contributed by atoms with E-state index in [0.717, 1.165) is 29.3 Å². The van der Waals surface area contributed by atoms with Crippen LogP contribution in [0.5, 0.6) is 11.5 Å². The van der Waals surface area contributed by atoms with E-state index in [2.05, 4.69) is 10.3 Å². The Balaban J connectivity index is 1.33. The molecule has 1 aromatic heterocycles. The predicted octanol–water partition coefficient (Wildman–Crippen LogP) is 2.79. The molecule has 1 saturated heterocycles. The molecule has 1 atom stereocenters. The molecular formula is C23H25N3O4. The van der Waals surface area contributed by atoms with Crippen LogP contribution >= 0.6 is 0 Å². The second-order valence-corrected chi connectivity index (χ2v) is 7.72. The molecule has 4 N–H and O–H groups in total. The molecule has 1 aliphatic rings. The van der Waals surface area contributed by atoms with Crippen molar-refractivity contribution in [2.24, 2.45) is 5.92 Å². The average molecular weight is 407 g/mol. The van der Waals surface area contributed by atoms with Crippen LogP contribution in [0.4, 0.5) is 0 Å². The number of phenolic OH excluding ortho intramolecular Hbond substituents is 2. The molecular weight excluding hydrogens is 382 g/mol. The lowest BCUT2D eigenvalue weighted by atomic mass is 9.96. The number of carbonyl (C=O) groups excluding carboxylic acids is 2. The number of amides is 2. The van der Waals surface area contributed by atoms with Gasteiger partial charge in [-0.3, -0.25) is 9.59 Å².